The van der Waals surface area contributed by atoms with Crippen LogP contribution >= 0.6 is 0 Å². The van der Waals surface area contributed by atoms with Gasteiger partial charge < -0.3 is 14.2 Å². The number of unbranched alkanes of at least 4 members (excludes halogenated alkanes) is 2. The van der Waals surface area contributed by atoms with Crippen molar-refractivity contribution in [3.63, 3.8) is 0 Å². The van der Waals surface area contributed by atoms with Crippen LogP contribution in [0.3, 0.4) is 0 Å². The molecule has 0 radical (unpaired) electrons. The Kier molecular flexibility index (Phi) is 15.1. The molecular formula is C18H36O4. The van der Waals surface area contributed by atoms with Crippen LogP contribution in [-0.4, -0.2) is 45.4 Å². The number of hydrogen-bond donors (Lipinski definition) is 0. The number of ketones is 1. The first-order valence-electron chi connectivity index (χ1n) is 8.80. The second-order valence-corrected chi connectivity index (χ2v) is 6.50. The van der Waals surface area contributed by atoms with E-state index in [1.165, 1.54) is 0 Å². The highest BCUT2D eigenvalue weighted by Crippen LogP contribution is 2.01. The molecule has 0 amide bonds. The average Bonchev–Trinajstić information content (AvgIpc) is 2.46. The summed E-state index contributed by atoms with van der Waals surface area (Å²) in [5, 5.41) is 0. The molecule has 0 aliphatic carbocycles. The van der Waals surface area contributed by atoms with Crippen molar-refractivity contribution in [1.29, 1.82) is 0 Å². The fourth-order valence-corrected chi connectivity index (χ4v) is 1.71. The van der Waals surface area contributed by atoms with E-state index in [0.29, 0.717) is 13.2 Å². The Morgan fingerprint density at radius 1 is 0.727 bits per heavy atom. The summed E-state index contributed by atoms with van der Waals surface area (Å²) in [6.07, 6.45) is 5.35. The number of hydrogen-bond acceptors (Lipinski definition) is 4. The van der Waals surface area contributed by atoms with Crippen LogP contribution < -0.4 is 0 Å². The third-order valence-corrected chi connectivity index (χ3v) is 3.38. The molecule has 0 N–H and O–H groups in total. The third-order valence-electron chi connectivity index (χ3n) is 3.38. The molecule has 22 heavy (non-hydrogen) atoms. The predicted octanol–water partition coefficient (Wildman–Crippen LogP) is 3.87. The van der Waals surface area contributed by atoms with Crippen LogP contribution in [-0.2, 0) is 19.0 Å². The molecule has 0 aliphatic rings. The van der Waals surface area contributed by atoms with E-state index >= 15 is 0 Å². The maximum absolute atomic E-state index is 11.3. The Morgan fingerprint density at radius 2 is 1.27 bits per heavy atom. The molecule has 0 aliphatic heterocycles. The molecule has 0 saturated heterocycles. The van der Waals surface area contributed by atoms with Gasteiger partial charge in [0.05, 0.1) is 0 Å². The molecule has 132 valence electrons. The summed E-state index contributed by atoms with van der Waals surface area (Å²) in [7, 11) is 0. The molecule has 0 heterocycles. The minimum absolute atomic E-state index is 0.0607. The van der Waals surface area contributed by atoms with Crippen LogP contribution in [0, 0.1) is 11.8 Å². The van der Waals surface area contributed by atoms with Crippen molar-refractivity contribution in [3.8, 4) is 0 Å². The van der Waals surface area contributed by atoms with Crippen LogP contribution in [0.4, 0.5) is 0 Å². The van der Waals surface area contributed by atoms with Crippen molar-refractivity contribution in [3.05, 3.63) is 0 Å². The third kappa shape index (κ3) is 15.9. The lowest BCUT2D eigenvalue weighted by molar-refractivity contribution is -0.126. The van der Waals surface area contributed by atoms with Crippen molar-refractivity contribution in [2.45, 2.75) is 59.8 Å². The van der Waals surface area contributed by atoms with Crippen LogP contribution in [0.1, 0.15) is 59.8 Å². The topological polar surface area (TPSA) is 44.8 Å². The number of carbonyl (C=O) groups is 1. The normalized spacial score (nSPS) is 11.5. The Labute approximate surface area is 136 Å². The zero-order chi connectivity index (χ0) is 16.6. The Bertz CT molecular complexity index is 251. The van der Waals surface area contributed by atoms with Gasteiger partial charge in [-0.3, -0.25) is 4.79 Å². The molecular weight excluding hydrogens is 280 g/mol. The van der Waals surface area contributed by atoms with Gasteiger partial charge >= 0.3 is 0 Å². The fourth-order valence-electron chi connectivity index (χ4n) is 1.71. The van der Waals surface area contributed by atoms with Gasteiger partial charge in [-0.2, -0.15) is 0 Å². The van der Waals surface area contributed by atoms with E-state index in [2.05, 4.69) is 13.8 Å². The van der Waals surface area contributed by atoms with E-state index in [1.807, 2.05) is 13.8 Å². The summed E-state index contributed by atoms with van der Waals surface area (Å²) in [6.45, 7) is 12.3. The van der Waals surface area contributed by atoms with E-state index in [0.717, 1.165) is 57.8 Å². The maximum atomic E-state index is 11.3. The molecule has 0 spiro atoms. The Morgan fingerprint density at radius 3 is 1.86 bits per heavy atom. The molecule has 0 bridgehead atoms. The minimum Gasteiger partial charge on any atom is -0.381 e. The van der Waals surface area contributed by atoms with Crippen LogP contribution in [0.25, 0.3) is 0 Å². The van der Waals surface area contributed by atoms with Gasteiger partial charge in [-0.25, -0.2) is 0 Å². The summed E-state index contributed by atoms with van der Waals surface area (Å²) >= 11 is 0. The smallest absolute Gasteiger partial charge is 0.160 e. The van der Waals surface area contributed by atoms with Gasteiger partial charge in [0.2, 0.25) is 0 Å². The van der Waals surface area contributed by atoms with E-state index in [4.69, 9.17) is 14.2 Å². The van der Waals surface area contributed by atoms with Crippen molar-refractivity contribution in [2.75, 3.05) is 39.6 Å². The van der Waals surface area contributed by atoms with Crippen molar-refractivity contribution < 1.29 is 19.0 Å². The Hall–Kier alpha value is -0.450. The number of ether oxygens (including phenoxy) is 3. The van der Waals surface area contributed by atoms with E-state index < -0.39 is 0 Å². The van der Waals surface area contributed by atoms with Crippen LogP contribution in [0.5, 0.6) is 0 Å². The van der Waals surface area contributed by atoms with Crippen LogP contribution in [0.15, 0.2) is 0 Å². The highest BCUT2D eigenvalue weighted by atomic mass is 16.5. The quantitative estimate of drug-likeness (QED) is 0.406. The Balaban J connectivity index is 3.07. The largest absolute Gasteiger partial charge is 0.381 e. The van der Waals surface area contributed by atoms with E-state index in [1.54, 1.807) is 0 Å². The highest BCUT2D eigenvalue weighted by Gasteiger charge is 2.06. The predicted molar refractivity (Wildman–Crippen MR) is 90.2 cm³/mol. The van der Waals surface area contributed by atoms with E-state index in [-0.39, 0.29) is 18.3 Å². The molecule has 0 aromatic carbocycles. The van der Waals surface area contributed by atoms with Crippen molar-refractivity contribution in [2.24, 2.45) is 11.8 Å². The molecule has 0 aromatic rings. The first-order valence-corrected chi connectivity index (χ1v) is 8.80. The minimum atomic E-state index is 0.0607. The summed E-state index contributed by atoms with van der Waals surface area (Å²) in [4.78, 5) is 11.3. The maximum Gasteiger partial charge on any atom is 0.160 e. The molecule has 0 saturated carbocycles. The molecule has 0 aromatic heterocycles. The lowest BCUT2D eigenvalue weighted by atomic mass is 10.1. The molecule has 0 atom stereocenters. The molecule has 4 heteroatoms. The van der Waals surface area contributed by atoms with Crippen molar-refractivity contribution >= 4 is 5.78 Å². The first kappa shape index (κ1) is 21.6. The van der Waals surface area contributed by atoms with Gasteiger partial charge in [0.15, 0.2) is 5.78 Å². The molecule has 0 fully saturated rings. The molecule has 4 nitrogen and oxygen atoms in total. The van der Waals surface area contributed by atoms with Crippen LogP contribution in [0.2, 0.25) is 0 Å². The highest BCUT2D eigenvalue weighted by molar-refractivity contribution is 5.81. The second-order valence-electron chi connectivity index (χ2n) is 6.50. The zero-order valence-electron chi connectivity index (χ0n) is 15.1. The zero-order valence-corrected chi connectivity index (χ0v) is 15.1. The van der Waals surface area contributed by atoms with Gasteiger partial charge in [-0.15, -0.1) is 0 Å². The average molecular weight is 316 g/mol. The standard InChI is InChI=1S/C18H36O4/c1-16(2)9-14-21-11-7-5-6-10-20-12-8-13-22-15-18(19)17(3)4/h16-17H,5-15H2,1-4H3. The second kappa shape index (κ2) is 15.4. The van der Waals surface area contributed by atoms with E-state index in [9.17, 15) is 4.79 Å². The van der Waals surface area contributed by atoms with Gasteiger partial charge in [0, 0.05) is 39.0 Å². The fraction of sp³-hybridized carbons (Fsp3) is 0.944. The van der Waals surface area contributed by atoms with Gasteiger partial charge in [0.25, 0.3) is 0 Å². The first-order chi connectivity index (χ1) is 10.5. The summed E-state index contributed by atoms with van der Waals surface area (Å²) in [5.41, 5.74) is 0. The monoisotopic (exact) mass is 316 g/mol. The molecule has 0 unspecified atom stereocenters. The number of carbonyl (C=O) groups excluding carboxylic acids is 1. The van der Waals surface area contributed by atoms with Gasteiger partial charge in [0.1, 0.15) is 6.61 Å². The summed E-state index contributed by atoms with van der Waals surface area (Å²) < 4.78 is 16.4. The lowest BCUT2D eigenvalue weighted by Crippen LogP contribution is -2.15. The number of Topliss-reactive ketones (excluding diaryl/α,β-unsaturated/α-hetero) is 1. The van der Waals surface area contributed by atoms with Crippen molar-refractivity contribution in [1.82, 2.24) is 0 Å². The van der Waals surface area contributed by atoms with Gasteiger partial charge in [-0.05, 0) is 38.0 Å². The SMILES string of the molecule is CC(C)CCOCCCCCOCCCOCC(=O)C(C)C. The van der Waals surface area contributed by atoms with Gasteiger partial charge in [-0.1, -0.05) is 27.7 Å². The number of rotatable bonds is 16. The lowest BCUT2D eigenvalue weighted by Gasteiger charge is -2.07. The summed E-state index contributed by atoms with van der Waals surface area (Å²) in [5.74, 6) is 0.947. The molecule has 0 rings (SSSR count). The summed E-state index contributed by atoms with van der Waals surface area (Å²) in [6, 6.07) is 0.